The highest BCUT2D eigenvalue weighted by molar-refractivity contribution is 7.92. The molecule has 0 aliphatic rings. The second-order valence-corrected chi connectivity index (χ2v) is 8.34. The van der Waals surface area contributed by atoms with E-state index < -0.39 is 10.0 Å². The van der Waals surface area contributed by atoms with Gasteiger partial charge in [0.2, 0.25) is 0 Å². The first kappa shape index (κ1) is 20.0. The minimum Gasteiger partial charge on any atom is -0.300 e. The predicted octanol–water partition coefficient (Wildman–Crippen LogP) is 4.04. The lowest BCUT2D eigenvalue weighted by molar-refractivity contribution is -0.116. The van der Waals surface area contributed by atoms with E-state index in [9.17, 15) is 13.2 Å². The van der Waals surface area contributed by atoms with Crippen molar-refractivity contribution in [3.8, 4) is 11.1 Å². The van der Waals surface area contributed by atoms with E-state index in [-0.39, 0.29) is 27.9 Å². The van der Waals surface area contributed by atoms with Crippen LogP contribution in [0.5, 0.6) is 0 Å². The molecule has 0 aliphatic carbocycles. The van der Waals surface area contributed by atoms with Gasteiger partial charge in [-0.05, 0) is 49.2 Å². The Morgan fingerprint density at radius 3 is 2.54 bits per heavy atom. The number of ketones is 1. The number of benzene rings is 1. The lowest BCUT2D eigenvalue weighted by Gasteiger charge is -2.15. The van der Waals surface area contributed by atoms with Crippen LogP contribution in [0, 0.1) is 6.92 Å². The van der Waals surface area contributed by atoms with Gasteiger partial charge in [0, 0.05) is 30.1 Å². The second kappa shape index (κ2) is 8.08. The summed E-state index contributed by atoms with van der Waals surface area (Å²) in [5, 5.41) is 0.0544. The van der Waals surface area contributed by atoms with E-state index in [1.54, 1.807) is 49.6 Å². The molecule has 0 spiro atoms. The Labute approximate surface area is 168 Å². The fraction of sp³-hybridized carbons (Fsp3) is 0.150. The number of sulfonamides is 1. The van der Waals surface area contributed by atoms with Gasteiger partial charge >= 0.3 is 0 Å². The molecule has 0 fully saturated rings. The summed E-state index contributed by atoms with van der Waals surface area (Å²) in [5.41, 5.74) is 2.94. The Hall–Kier alpha value is -2.77. The topological polar surface area (TPSA) is 89.0 Å². The van der Waals surface area contributed by atoms with Gasteiger partial charge in [-0.2, -0.15) is 0 Å². The molecular formula is C20H18ClN3O3S. The summed E-state index contributed by atoms with van der Waals surface area (Å²) < 4.78 is 27.9. The van der Waals surface area contributed by atoms with Gasteiger partial charge in [-0.1, -0.05) is 29.8 Å². The van der Waals surface area contributed by atoms with Crippen LogP contribution < -0.4 is 4.72 Å². The Bertz CT molecular complexity index is 1130. The third-order valence-corrected chi connectivity index (χ3v) is 5.79. The summed E-state index contributed by atoms with van der Waals surface area (Å²) in [6.45, 7) is 3.26. The smallest absolute Gasteiger partial charge is 0.262 e. The van der Waals surface area contributed by atoms with Crippen molar-refractivity contribution < 1.29 is 13.2 Å². The first-order valence-electron chi connectivity index (χ1n) is 8.45. The highest BCUT2D eigenvalue weighted by Crippen LogP contribution is 2.33. The maximum absolute atomic E-state index is 12.7. The zero-order valence-electron chi connectivity index (χ0n) is 15.3. The third kappa shape index (κ3) is 4.37. The van der Waals surface area contributed by atoms with Crippen LogP contribution in [0.4, 0.5) is 5.69 Å². The summed E-state index contributed by atoms with van der Waals surface area (Å²) in [6, 6.07) is 11.6. The molecule has 28 heavy (non-hydrogen) atoms. The quantitative estimate of drug-likeness (QED) is 0.614. The van der Waals surface area contributed by atoms with Crippen molar-refractivity contribution in [3.05, 3.63) is 71.3 Å². The van der Waals surface area contributed by atoms with Crippen molar-refractivity contribution in [2.45, 2.75) is 25.2 Å². The van der Waals surface area contributed by atoms with E-state index in [4.69, 9.17) is 11.6 Å². The number of aromatic nitrogens is 2. The van der Waals surface area contributed by atoms with E-state index in [0.29, 0.717) is 16.8 Å². The molecule has 0 atom stereocenters. The van der Waals surface area contributed by atoms with E-state index in [0.717, 1.165) is 5.56 Å². The first-order chi connectivity index (χ1) is 13.3. The number of nitrogens with one attached hydrogen (secondary N) is 1. The van der Waals surface area contributed by atoms with Gasteiger partial charge in [0.05, 0.1) is 10.6 Å². The molecule has 2 aromatic heterocycles. The number of nitrogens with zero attached hydrogens (tertiary/aromatic N) is 2. The molecule has 144 valence electrons. The lowest BCUT2D eigenvalue weighted by atomic mass is 10.0. The highest BCUT2D eigenvalue weighted by Gasteiger charge is 2.19. The van der Waals surface area contributed by atoms with Gasteiger partial charge in [0.1, 0.15) is 5.78 Å². The van der Waals surface area contributed by atoms with E-state index in [1.807, 2.05) is 0 Å². The van der Waals surface area contributed by atoms with E-state index >= 15 is 0 Å². The lowest BCUT2D eigenvalue weighted by Crippen LogP contribution is -2.14. The normalized spacial score (nSPS) is 11.2. The van der Waals surface area contributed by atoms with Crippen LogP contribution in [0.25, 0.3) is 11.1 Å². The molecule has 0 radical (unpaired) electrons. The summed E-state index contributed by atoms with van der Waals surface area (Å²) >= 11 is 6.19. The van der Waals surface area contributed by atoms with Crippen molar-refractivity contribution >= 4 is 33.1 Å². The molecule has 6 nitrogen and oxygen atoms in total. The minimum atomic E-state index is -3.81. The van der Waals surface area contributed by atoms with Crippen molar-refractivity contribution in [2.24, 2.45) is 0 Å². The number of halogens is 1. The third-order valence-electron chi connectivity index (χ3n) is 4.14. The molecule has 1 aromatic carbocycles. The fourth-order valence-corrected chi connectivity index (χ4v) is 4.22. The predicted molar refractivity (Wildman–Crippen MR) is 109 cm³/mol. The standard InChI is InChI=1S/C20H18ClN3O3S/c1-13(25)10-16-11-15(8-9-22-16)18-12-23-20(21)19(14(18)2)24-28(26,27)17-6-4-3-5-7-17/h3-9,11-12,24H,10H2,1-2H3. The molecule has 0 bridgehead atoms. The molecule has 3 aromatic rings. The summed E-state index contributed by atoms with van der Waals surface area (Å²) in [7, 11) is -3.81. The van der Waals surface area contributed by atoms with Gasteiger partial charge in [-0.15, -0.1) is 0 Å². The Kier molecular flexibility index (Phi) is 5.76. The largest absolute Gasteiger partial charge is 0.300 e. The van der Waals surface area contributed by atoms with Gasteiger partial charge in [0.25, 0.3) is 10.0 Å². The summed E-state index contributed by atoms with van der Waals surface area (Å²) in [4.78, 5) is 19.8. The van der Waals surface area contributed by atoms with Crippen LogP contribution in [0.15, 0.2) is 59.8 Å². The van der Waals surface area contributed by atoms with Crippen LogP contribution >= 0.6 is 11.6 Å². The van der Waals surface area contributed by atoms with Crippen molar-refractivity contribution in [1.29, 1.82) is 0 Å². The zero-order chi connectivity index (χ0) is 20.3. The SMILES string of the molecule is CC(=O)Cc1cc(-c2cnc(Cl)c(NS(=O)(=O)c3ccccc3)c2C)ccn1. The number of hydrogen-bond donors (Lipinski definition) is 1. The van der Waals surface area contributed by atoms with Crippen LogP contribution in [0.3, 0.4) is 0 Å². The molecule has 0 amide bonds. The molecule has 0 aliphatic heterocycles. The molecule has 3 rings (SSSR count). The van der Waals surface area contributed by atoms with Crippen molar-refractivity contribution in [1.82, 2.24) is 9.97 Å². The van der Waals surface area contributed by atoms with Crippen LogP contribution in [-0.4, -0.2) is 24.2 Å². The fourth-order valence-electron chi connectivity index (χ4n) is 2.77. The van der Waals surface area contributed by atoms with Gasteiger partial charge in [0.15, 0.2) is 5.15 Å². The molecule has 8 heteroatoms. The summed E-state index contributed by atoms with van der Waals surface area (Å²) in [6.07, 6.45) is 3.40. The van der Waals surface area contributed by atoms with Crippen molar-refractivity contribution in [2.75, 3.05) is 4.72 Å². The number of rotatable bonds is 6. The minimum absolute atomic E-state index is 0.00640. The molecule has 0 saturated carbocycles. The van der Waals surface area contributed by atoms with Gasteiger partial charge in [-0.25, -0.2) is 13.4 Å². The van der Waals surface area contributed by atoms with Crippen LogP contribution in [0.1, 0.15) is 18.2 Å². The number of carbonyl (C=O) groups is 1. The average Bonchev–Trinajstić information content (AvgIpc) is 2.65. The Balaban J connectivity index is 2.03. The average molecular weight is 416 g/mol. The molecule has 1 N–H and O–H groups in total. The number of Topliss-reactive ketones (excluding diaryl/α,β-unsaturated/α-hetero) is 1. The number of carbonyl (C=O) groups excluding carboxylic acids is 1. The second-order valence-electron chi connectivity index (χ2n) is 6.30. The number of anilines is 1. The molecule has 0 saturated heterocycles. The van der Waals surface area contributed by atoms with Gasteiger partial charge < -0.3 is 0 Å². The molecular weight excluding hydrogens is 398 g/mol. The Morgan fingerprint density at radius 2 is 1.86 bits per heavy atom. The molecule has 0 unspecified atom stereocenters. The first-order valence-corrected chi connectivity index (χ1v) is 10.3. The van der Waals surface area contributed by atoms with Crippen LogP contribution in [0.2, 0.25) is 5.15 Å². The maximum Gasteiger partial charge on any atom is 0.262 e. The van der Waals surface area contributed by atoms with Crippen molar-refractivity contribution in [3.63, 3.8) is 0 Å². The highest BCUT2D eigenvalue weighted by atomic mass is 35.5. The maximum atomic E-state index is 12.7. The van der Waals surface area contributed by atoms with E-state index in [1.165, 1.54) is 19.1 Å². The van der Waals surface area contributed by atoms with E-state index in [2.05, 4.69) is 14.7 Å². The monoisotopic (exact) mass is 415 g/mol. The number of pyridine rings is 2. The van der Waals surface area contributed by atoms with Crippen LogP contribution in [-0.2, 0) is 21.2 Å². The number of hydrogen-bond acceptors (Lipinski definition) is 5. The summed E-state index contributed by atoms with van der Waals surface area (Å²) in [5.74, 6) is 0.00640. The Morgan fingerprint density at radius 1 is 1.14 bits per heavy atom. The zero-order valence-corrected chi connectivity index (χ0v) is 16.9. The van der Waals surface area contributed by atoms with Gasteiger partial charge in [-0.3, -0.25) is 14.5 Å². The molecule has 2 heterocycles.